The number of ether oxygens (including phenoxy) is 2. The second-order valence-corrected chi connectivity index (χ2v) is 13.5. The molecule has 4 rings (SSSR count). The summed E-state index contributed by atoms with van der Waals surface area (Å²) < 4.78 is 12.9. The van der Waals surface area contributed by atoms with Gasteiger partial charge < -0.3 is 29.3 Å². The van der Waals surface area contributed by atoms with E-state index >= 15 is 0 Å². The molecule has 3 aliphatic rings. The Labute approximate surface area is 273 Å². The van der Waals surface area contributed by atoms with Gasteiger partial charge in [0.05, 0.1) is 36.6 Å². The number of aliphatic hydroxyl groups is 1. The van der Waals surface area contributed by atoms with Crippen molar-refractivity contribution < 1.29 is 33.8 Å². The number of likely N-dealkylation sites (tertiary alicyclic amines) is 1. The van der Waals surface area contributed by atoms with Crippen LogP contribution in [-0.2, 0) is 28.7 Å². The third-order valence-electron chi connectivity index (χ3n) is 10.2. The highest BCUT2D eigenvalue weighted by Crippen LogP contribution is 2.59. The number of carbonyl (C=O) groups is 4. The van der Waals surface area contributed by atoms with Crippen LogP contribution in [0.15, 0.2) is 55.6 Å². The maximum absolute atomic E-state index is 14.5. The van der Waals surface area contributed by atoms with Crippen LogP contribution in [0.2, 0.25) is 0 Å². The van der Waals surface area contributed by atoms with Gasteiger partial charge in [0.15, 0.2) is 0 Å². The molecule has 0 aromatic heterocycles. The average Bonchev–Trinajstić information content (AvgIpc) is 3.68. The van der Waals surface area contributed by atoms with Gasteiger partial charge in [0.2, 0.25) is 17.7 Å². The summed E-state index contributed by atoms with van der Waals surface area (Å²) in [5, 5.41) is 10.5. The molecule has 252 valence electrons. The molecule has 0 saturated carbocycles. The SMILES string of the molecule is C=CCCC(=O)N(C)[C@H](C)[C@H](OC(=O)[C@@H]1[C@H]2C(=O)N([C@@H](CO)C(C)C)[C@H](C(=O)N(CC=C)C(C)C)[C@]23CC[C@H]1O3)c1ccccc1. The molecule has 3 aliphatic heterocycles. The van der Waals surface area contributed by atoms with E-state index in [1.54, 1.807) is 29.0 Å². The molecule has 3 heterocycles. The second kappa shape index (κ2) is 14.5. The molecular formula is C36H51N3O7. The molecule has 1 N–H and O–H groups in total. The normalized spacial score (nSPS) is 26.9. The summed E-state index contributed by atoms with van der Waals surface area (Å²) in [6, 6.07) is 6.90. The first-order chi connectivity index (χ1) is 21.9. The summed E-state index contributed by atoms with van der Waals surface area (Å²) in [6.07, 6.45) is 3.66. The number of likely N-dealkylation sites (N-methyl/N-ethyl adjacent to an activating group) is 1. The van der Waals surface area contributed by atoms with E-state index in [-0.39, 0.29) is 49.3 Å². The molecule has 1 aromatic carbocycles. The van der Waals surface area contributed by atoms with Crippen molar-refractivity contribution in [1.29, 1.82) is 0 Å². The molecule has 0 radical (unpaired) electrons. The Kier molecular flexibility index (Phi) is 11.2. The highest BCUT2D eigenvalue weighted by atomic mass is 16.6. The molecule has 0 aliphatic carbocycles. The van der Waals surface area contributed by atoms with Gasteiger partial charge in [-0.2, -0.15) is 0 Å². The molecule has 0 unspecified atom stereocenters. The van der Waals surface area contributed by atoms with E-state index in [0.29, 0.717) is 19.3 Å². The minimum atomic E-state index is -1.23. The molecule has 1 aromatic rings. The standard InChI is InChI=1S/C36H51N3O7/c1-9-11-17-28(41)37(8)24(7)31(25-15-13-12-14-16-25)45-35(44)29-27-18-19-36(46-27)30(29)33(42)39(26(21-40)22(3)4)32(36)34(43)38(20-10-2)23(5)6/h9-10,12-16,22-24,26-27,29-32,40H,1-2,11,17-21H2,3-8H3/t24-,26+,27-,29+,30+,31+,32-,36+/m1/s1. The second-order valence-electron chi connectivity index (χ2n) is 13.5. The van der Waals surface area contributed by atoms with Gasteiger partial charge >= 0.3 is 5.97 Å². The Morgan fingerprint density at radius 3 is 2.37 bits per heavy atom. The lowest BCUT2D eigenvalue weighted by Gasteiger charge is -2.41. The minimum absolute atomic E-state index is 0.104. The number of nitrogens with zero attached hydrogens (tertiary/aromatic N) is 3. The Bertz CT molecular complexity index is 1300. The lowest BCUT2D eigenvalue weighted by atomic mass is 9.70. The molecule has 10 nitrogen and oxygen atoms in total. The van der Waals surface area contributed by atoms with E-state index in [9.17, 15) is 24.3 Å². The Balaban J connectivity index is 1.72. The summed E-state index contributed by atoms with van der Waals surface area (Å²) in [5.74, 6) is -3.41. The predicted molar refractivity (Wildman–Crippen MR) is 174 cm³/mol. The smallest absolute Gasteiger partial charge is 0.313 e. The van der Waals surface area contributed by atoms with Crippen LogP contribution in [0.3, 0.4) is 0 Å². The fraction of sp³-hybridized carbons (Fsp3) is 0.611. The third kappa shape index (κ3) is 6.26. The lowest BCUT2D eigenvalue weighted by molar-refractivity contribution is -0.165. The van der Waals surface area contributed by atoms with E-state index in [4.69, 9.17) is 9.47 Å². The molecular weight excluding hydrogens is 586 g/mol. The van der Waals surface area contributed by atoms with Crippen LogP contribution in [0.25, 0.3) is 0 Å². The minimum Gasteiger partial charge on any atom is -0.455 e. The van der Waals surface area contributed by atoms with Crippen LogP contribution >= 0.6 is 0 Å². The van der Waals surface area contributed by atoms with Crippen LogP contribution in [0, 0.1) is 17.8 Å². The van der Waals surface area contributed by atoms with Crippen LogP contribution in [0.4, 0.5) is 0 Å². The highest BCUT2D eigenvalue weighted by molar-refractivity contribution is 5.98. The maximum atomic E-state index is 14.5. The van der Waals surface area contributed by atoms with Gasteiger partial charge in [-0.05, 0) is 51.5 Å². The number of amides is 3. The van der Waals surface area contributed by atoms with Gasteiger partial charge in [-0.15, -0.1) is 13.2 Å². The number of fused-ring (bicyclic) bond motifs is 1. The van der Waals surface area contributed by atoms with Gasteiger partial charge in [0, 0.05) is 26.1 Å². The number of rotatable bonds is 15. The summed E-state index contributed by atoms with van der Waals surface area (Å²) in [4.78, 5) is 61.0. The van der Waals surface area contributed by atoms with Crippen molar-refractivity contribution in [1.82, 2.24) is 14.7 Å². The number of carbonyl (C=O) groups excluding carboxylic acids is 4. The van der Waals surface area contributed by atoms with E-state index in [2.05, 4.69) is 13.2 Å². The van der Waals surface area contributed by atoms with Crippen LogP contribution in [0.1, 0.15) is 72.0 Å². The van der Waals surface area contributed by atoms with E-state index in [0.717, 1.165) is 5.56 Å². The summed E-state index contributed by atoms with van der Waals surface area (Å²) in [7, 11) is 1.69. The molecule has 3 fully saturated rings. The Morgan fingerprint density at radius 2 is 1.80 bits per heavy atom. The maximum Gasteiger partial charge on any atom is 0.313 e. The van der Waals surface area contributed by atoms with Crippen molar-refractivity contribution in [2.45, 2.75) is 102 Å². The third-order valence-corrected chi connectivity index (χ3v) is 10.2. The summed E-state index contributed by atoms with van der Waals surface area (Å²) in [5.41, 5.74) is -0.514. The zero-order chi connectivity index (χ0) is 33.9. The number of allylic oxidation sites excluding steroid dienone is 1. The topological polar surface area (TPSA) is 117 Å². The van der Waals surface area contributed by atoms with Gasteiger partial charge in [0.1, 0.15) is 17.7 Å². The first-order valence-electron chi connectivity index (χ1n) is 16.5. The predicted octanol–water partition coefficient (Wildman–Crippen LogP) is 3.90. The van der Waals surface area contributed by atoms with E-state index in [1.807, 2.05) is 65.0 Å². The van der Waals surface area contributed by atoms with Crippen molar-refractivity contribution in [3.05, 3.63) is 61.2 Å². The molecule has 8 atom stereocenters. The molecule has 46 heavy (non-hydrogen) atoms. The molecule has 2 bridgehead atoms. The fourth-order valence-corrected chi connectivity index (χ4v) is 7.59. The van der Waals surface area contributed by atoms with Crippen LogP contribution in [-0.4, -0.2) is 99.6 Å². The van der Waals surface area contributed by atoms with E-state index in [1.165, 1.54) is 4.90 Å². The van der Waals surface area contributed by atoms with Crippen molar-refractivity contribution in [3.8, 4) is 0 Å². The highest BCUT2D eigenvalue weighted by Gasteiger charge is 2.76. The van der Waals surface area contributed by atoms with Crippen molar-refractivity contribution in [2.24, 2.45) is 17.8 Å². The Morgan fingerprint density at radius 1 is 1.13 bits per heavy atom. The number of aliphatic hydroxyl groups excluding tert-OH is 1. The van der Waals surface area contributed by atoms with Crippen LogP contribution in [0.5, 0.6) is 0 Å². The van der Waals surface area contributed by atoms with Gasteiger partial charge in [0.25, 0.3) is 0 Å². The monoisotopic (exact) mass is 637 g/mol. The Hall–Kier alpha value is -3.50. The molecule has 3 saturated heterocycles. The number of esters is 1. The summed E-state index contributed by atoms with van der Waals surface area (Å²) in [6.45, 7) is 16.9. The zero-order valence-corrected chi connectivity index (χ0v) is 28.1. The molecule has 10 heteroatoms. The van der Waals surface area contributed by atoms with Gasteiger partial charge in [-0.3, -0.25) is 19.2 Å². The molecule has 1 spiro atoms. The van der Waals surface area contributed by atoms with Crippen molar-refractivity contribution >= 4 is 23.7 Å². The number of benzene rings is 1. The number of hydrogen-bond acceptors (Lipinski definition) is 7. The van der Waals surface area contributed by atoms with Crippen molar-refractivity contribution in [3.63, 3.8) is 0 Å². The lowest BCUT2D eigenvalue weighted by Crippen LogP contribution is -2.60. The van der Waals surface area contributed by atoms with Gasteiger partial charge in [-0.25, -0.2) is 0 Å². The van der Waals surface area contributed by atoms with E-state index < -0.39 is 53.7 Å². The first kappa shape index (κ1) is 35.4. The quantitative estimate of drug-likeness (QED) is 0.229. The summed E-state index contributed by atoms with van der Waals surface area (Å²) >= 11 is 0. The van der Waals surface area contributed by atoms with Crippen molar-refractivity contribution in [2.75, 3.05) is 20.2 Å². The average molecular weight is 638 g/mol. The first-order valence-corrected chi connectivity index (χ1v) is 16.5. The van der Waals surface area contributed by atoms with Gasteiger partial charge in [-0.1, -0.05) is 56.3 Å². The largest absolute Gasteiger partial charge is 0.455 e. The zero-order valence-electron chi connectivity index (χ0n) is 28.1. The number of hydrogen-bond donors (Lipinski definition) is 1. The fourth-order valence-electron chi connectivity index (χ4n) is 7.59. The van der Waals surface area contributed by atoms with Crippen LogP contribution < -0.4 is 0 Å². The molecule has 3 amide bonds.